The fourth-order valence-corrected chi connectivity index (χ4v) is 6.24. The highest BCUT2D eigenvalue weighted by Crippen LogP contribution is 2.31. The molecule has 0 spiro atoms. The molecule has 4 rings (SSSR count). The first-order valence-corrected chi connectivity index (χ1v) is 14.3. The molecule has 0 aliphatic carbocycles. The molecule has 10 heteroatoms. The van der Waals surface area contributed by atoms with Gasteiger partial charge in [-0.25, -0.2) is 16.8 Å². The van der Waals surface area contributed by atoms with Crippen molar-refractivity contribution in [3.8, 4) is 23.0 Å². The van der Waals surface area contributed by atoms with Crippen LogP contribution in [0, 0.1) is 0 Å². The maximum atomic E-state index is 13.0. The summed E-state index contributed by atoms with van der Waals surface area (Å²) in [6.07, 6.45) is 3.35. The molecule has 0 aliphatic heterocycles. The van der Waals surface area contributed by atoms with E-state index in [0.29, 0.717) is 5.75 Å². The van der Waals surface area contributed by atoms with Crippen molar-refractivity contribution < 1.29 is 36.5 Å². The van der Waals surface area contributed by atoms with Crippen LogP contribution in [0.1, 0.15) is 0 Å². The zero-order valence-corrected chi connectivity index (χ0v) is 21.6. The van der Waals surface area contributed by atoms with Crippen molar-refractivity contribution in [2.24, 2.45) is 0 Å². The lowest BCUT2D eigenvalue weighted by atomic mass is 10.3. The zero-order valence-electron chi connectivity index (χ0n) is 20.0. The van der Waals surface area contributed by atoms with Crippen LogP contribution in [0.2, 0.25) is 0 Å². The van der Waals surface area contributed by atoms with Crippen molar-refractivity contribution in [2.45, 2.75) is 19.6 Å². The van der Waals surface area contributed by atoms with Crippen LogP contribution in [0.3, 0.4) is 0 Å². The number of aromatic hydroxyl groups is 2. The molecule has 2 N–H and O–H groups in total. The molecule has 0 radical (unpaired) electrons. The summed E-state index contributed by atoms with van der Waals surface area (Å²) >= 11 is 0. The molecule has 0 amide bonds. The number of benzene rings is 4. The third-order valence-electron chi connectivity index (χ3n) is 5.42. The van der Waals surface area contributed by atoms with E-state index in [-0.39, 0.29) is 50.0 Å². The molecular formula is C28H24O8S2. The van der Waals surface area contributed by atoms with Crippen molar-refractivity contribution in [2.75, 3.05) is 13.2 Å². The monoisotopic (exact) mass is 552 g/mol. The molecule has 0 saturated carbocycles. The summed E-state index contributed by atoms with van der Waals surface area (Å²) in [5.74, 6) is 0.277. The Morgan fingerprint density at radius 2 is 1.08 bits per heavy atom. The number of hydrogen-bond donors (Lipinski definition) is 2. The van der Waals surface area contributed by atoms with Gasteiger partial charge in [0, 0.05) is 0 Å². The molecule has 0 aliphatic rings. The minimum atomic E-state index is -3.87. The summed E-state index contributed by atoms with van der Waals surface area (Å²) < 4.78 is 62.7. The van der Waals surface area contributed by atoms with E-state index < -0.39 is 19.7 Å². The first kappa shape index (κ1) is 26.8. The molecule has 38 heavy (non-hydrogen) atoms. The summed E-state index contributed by atoms with van der Waals surface area (Å²) in [4.78, 5) is -0.103. The fraction of sp³-hybridized carbons (Fsp3) is 0.0714. The Balaban J connectivity index is 1.33. The maximum absolute atomic E-state index is 13.0. The van der Waals surface area contributed by atoms with Crippen molar-refractivity contribution >= 4 is 19.7 Å². The molecule has 0 unspecified atom stereocenters. The summed E-state index contributed by atoms with van der Waals surface area (Å²) in [6.45, 7) is 0.256. The van der Waals surface area contributed by atoms with Crippen LogP contribution < -0.4 is 9.47 Å². The number of ether oxygens (including phenoxy) is 2. The van der Waals surface area contributed by atoms with Gasteiger partial charge >= 0.3 is 0 Å². The minimum Gasteiger partial charge on any atom is -0.508 e. The van der Waals surface area contributed by atoms with Gasteiger partial charge in [0.2, 0.25) is 19.7 Å². The van der Waals surface area contributed by atoms with E-state index in [4.69, 9.17) is 9.47 Å². The molecule has 0 fully saturated rings. The molecule has 196 valence electrons. The third-order valence-corrected chi connectivity index (χ3v) is 9.05. The van der Waals surface area contributed by atoms with E-state index >= 15 is 0 Å². The molecule has 4 aromatic carbocycles. The highest BCUT2D eigenvalue weighted by molar-refractivity contribution is 7.92. The smallest absolute Gasteiger partial charge is 0.210 e. The van der Waals surface area contributed by atoms with Crippen LogP contribution in [0.4, 0.5) is 0 Å². The Morgan fingerprint density at radius 1 is 0.579 bits per heavy atom. The standard InChI is InChI=1S/C28H24O8S2/c29-21-11-15-23(16-12-21)38(33,34)28-10-4-2-8-26(28)36-20-6-5-19-35-22-13-17-24(18-14-22)37(31,32)27-9-3-1-7-25(27)30/h1-18,29-30H,19-20H2. The van der Waals surface area contributed by atoms with Gasteiger partial charge in [0.1, 0.15) is 46.0 Å². The lowest BCUT2D eigenvalue weighted by molar-refractivity contribution is 0.344. The number of sulfone groups is 2. The zero-order chi connectivity index (χ0) is 27.2. The molecule has 0 bridgehead atoms. The molecule has 8 nitrogen and oxygen atoms in total. The van der Waals surface area contributed by atoms with E-state index in [2.05, 4.69) is 0 Å². The van der Waals surface area contributed by atoms with Gasteiger partial charge in [0.25, 0.3) is 0 Å². The van der Waals surface area contributed by atoms with E-state index in [1.165, 1.54) is 72.8 Å². The normalized spacial score (nSPS) is 11.9. The molecule has 0 saturated heterocycles. The average Bonchev–Trinajstić information content (AvgIpc) is 2.91. The van der Waals surface area contributed by atoms with Crippen molar-refractivity contribution in [3.63, 3.8) is 0 Å². The Kier molecular flexibility index (Phi) is 8.04. The number of phenols is 2. The highest BCUT2D eigenvalue weighted by Gasteiger charge is 2.22. The second-order valence-corrected chi connectivity index (χ2v) is 11.8. The average molecular weight is 553 g/mol. The van der Waals surface area contributed by atoms with E-state index in [1.54, 1.807) is 36.4 Å². The predicted molar refractivity (Wildman–Crippen MR) is 140 cm³/mol. The van der Waals surface area contributed by atoms with Gasteiger partial charge < -0.3 is 19.7 Å². The summed E-state index contributed by atoms with van der Waals surface area (Å²) in [5, 5.41) is 19.3. The summed E-state index contributed by atoms with van der Waals surface area (Å²) in [5.41, 5.74) is 0. The summed E-state index contributed by atoms with van der Waals surface area (Å²) in [6, 6.07) is 23.1. The van der Waals surface area contributed by atoms with Crippen molar-refractivity contribution in [1.29, 1.82) is 0 Å². The SMILES string of the molecule is O=S(=O)(c1ccc(OCC=CCOc2ccccc2S(=O)(=O)c2ccc(O)cc2)cc1)c1ccccc1O. The van der Waals surface area contributed by atoms with Gasteiger partial charge in [0.05, 0.1) is 9.79 Å². The number of hydrogen-bond acceptors (Lipinski definition) is 8. The second kappa shape index (κ2) is 11.4. The van der Waals surface area contributed by atoms with Gasteiger partial charge in [-0.1, -0.05) is 24.3 Å². The maximum Gasteiger partial charge on any atom is 0.210 e. The third kappa shape index (κ3) is 5.99. The Bertz CT molecular complexity index is 1640. The Labute approximate surface area is 220 Å². The van der Waals surface area contributed by atoms with Gasteiger partial charge in [-0.15, -0.1) is 0 Å². The van der Waals surface area contributed by atoms with Crippen LogP contribution in [-0.2, 0) is 19.7 Å². The molecule has 4 aromatic rings. The summed E-state index contributed by atoms with van der Waals surface area (Å²) in [7, 11) is -7.71. The number of para-hydroxylation sites is 2. The highest BCUT2D eigenvalue weighted by atomic mass is 32.2. The van der Waals surface area contributed by atoms with E-state index in [0.717, 1.165) is 0 Å². The quantitative estimate of drug-likeness (QED) is 0.269. The number of rotatable bonds is 10. The number of phenolic OH excluding ortho intramolecular Hbond substituents is 2. The van der Waals surface area contributed by atoms with Crippen LogP contribution in [0.25, 0.3) is 0 Å². The minimum absolute atomic E-state index is 0.00852. The van der Waals surface area contributed by atoms with Crippen molar-refractivity contribution in [3.05, 3.63) is 109 Å². The molecule has 0 aromatic heterocycles. The Hall–Kier alpha value is -4.28. The van der Waals surface area contributed by atoms with Gasteiger partial charge in [0.15, 0.2) is 0 Å². The molecule has 0 atom stereocenters. The van der Waals surface area contributed by atoms with Gasteiger partial charge in [-0.05, 0) is 84.9 Å². The lowest BCUT2D eigenvalue weighted by Crippen LogP contribution is -2.06. The second-order valence-electron chi connectivity index (χ2n) is 7.98. The van der Waals surface area contributed by atoms with Crippen molar-refractivity contribution in [1.82, 2.24) is 0 Å². The van der Waals surface area contributed by atoms with E-state index in [9.17, 15) is 27.0 Å². The van der Waals surface area contributed by atoms with Crippen LogP contribution in [0.15, 0.2) is 129 Å². The fourth-order valence-electron chi connectivity index (χ4n) is 3.49. The molecular weight excluding hydrogens is 528 g/mol. The largest absolute Gasteiger partial charge is 0.508 e. The van der Waals surface area contributed by atoms with E-state index in [1.807, 2.05) is 0 Å². The van der Waals surface area contributed by atoms with Gasteiger partial charge in [-0.3, -0.25) is 0 Å². The molecule has 0 heterocycles. The van der Waals surface area contributed by atoms with Gasteiger partial charge in [-0.2, -0.15) is 0 Å². The topological polar surface area (TPSA) is 127 Å². The van der Waals surface area contributed by atoms with Crippen LogP contribution in [-0.4, -0.2) is 40.3 Å². The lowest BCUT2D eigenvalue weighted by Gasteiger charge is -2.11. The van der Waals surface area contributed by atoms with Crippen LogP contribution in [0.5, 0.6) is 23.0 Å². The predicted octanol–water partition coefficient (Wildman–Crippen LogP) is 4.78. The Morgan fingerprint density at radius 3 is 1.71 bits per heavy atom. The first-order chi connectivity index (χ1) is 18.2. The van der Waals surface area contributed by atoms with Crippen LogP contribution >= 0.6 is 0 Å². The first-order valence-electron chi connectivity index (χ1n) is 11.4.